The molecule has 1 amide bonds. The summed E-state index contributed by atoms with van der Waals surface area (Å²) in [7, 11) is 0. The fraction of sp³-hybridized carbons (Fsp3) is 0.278. The molecule has 0 saturated heterocycles. The third-order valence-electron chi connectivity index (χ3n) is 4.01. The van der Waals surface area contributed by atoms with E-state index in [4.69, 9.17) is 5.11 Å². The zero-order valence-corrected chi connectivity index (χ0v) is 15.5. The normalized spacial score (nSPS) is 12.6. The molecule has 0 fully saturated rings. The summed E-state index contributed by atoms with van der Waals surface area (Å²) in [5.41, 5.74) is 1.79. The quantitative estimate of drug-likeness (QED) is 0.673. The fourth-order valence-corrected chi connectivity index (χ4v) is 2.54. The highest BCUT2D eigenvalue weighted by Gasteiger charge is 2.38. The summed E-state index contributed by atoms with van der Waals surface area (Å²) in [5, 5.41) is 21.3. The maximum absolute atomic E-state index is 13.2. The number of carbonyl (C=O) groups excluding carboxylic acids is 1. The van der Waals surface area contributed by atoms with Crippen LogP contribution in [0.25, 0.3) is 16.9 Å². The summed E-state index contributed by atoms with van der Waals surface area (Å²) < 4.78 is 40.2. The van der Waals surface area contributed by atoms with Gasteiger partial charge in [-0.15, -0.1) is 5.10 Å². The largest absolute Gasteiger partial charge is 0.453 e. The van der Waals surface area contributed by atoms with E-state index < -0.39 is 23.9 Å². The standard InChI is InChI=1S/C18H17F3N6O2/c1-10-3-4-15(22-8-10)12-5-13(16(29)23-11(2)9-28)7-14(6-12)27-17(18(19,20)21)24-25-26-27/h3-8,11,28H,9H2,1-2H3,(H,23,29). The van der Waals surface area contributed by atoms with E-state index in [0.29, 0.717) is 15.9 Å². The van der Waals surface area contributed by atoms with Gasteiger partial charge in [-0.25, -0.2) is 0 Å². The highest BCUT2D eigenvalue weighted by atomic mass is 19.4. The Morgan fingerprint density at radius 1 is 1.28 bits per heavy atom. The van der Waals surface area contributed by atoms with E-state index in [2.05, 4.69) is 25.8 Å². The van der Waals surface area contributed by atoms with Gasteiger partial charge in [0.25, 0.3) is 11.7 Å². The summed E-state index contributed by atoms with van der Waals surface area (Å²) in [6.45, 7) is 3.15. The molecule has 29 heavy (non-hydrogen) atoms. The molecule has 0 aliphatic rings. The fourth-order valence-electron chi connectivity index (χ4n) is 2.54. The van der Waals surface area contributed by atoms with Gasteiger partial charge in [0.15, 0.2) is 0 Å². The number of aryl methyl sites for hydroxylation is 1. The predicted octanol–water partition coefficient (Wildman–Crippen LogP) is 2.16. The Labute approximate surface area is 163 Å². The first-order valence-corrected chi connectivity index (χ1v) is 8.55. The van der Waals surface area contributed by atoms with E-state index in [-0.39, 0.29) is 17.9 Å². The third kappa shape index (κ3) is 4.57. The molecule has 0 radical (unpaired) electrons. The summed E-state index contributed by atoms with van der Waals surface area (Å²) in [5.74, 6) is -1.88. The van der Waals surface area contributed by atoms with Crippen LogP contribution in [0.3, 0.4) is 0 Å². The van der Waals surface area contributed by atoms with Crippen molar-refractivity contribution >= 4 is 5.91 Å². The second kappa shape index (κ2) is 7.95. The number of halogens is 3. The van der Waals surface area contributed by atoms with E-state index in [1.165, 1.54) is 18.2 Å². The first kappa shape index (κ1) is 20.4. The van der Waals surface area contributed by atoms with Gasteiger partial charge in [-0.3, -0.25) is 9.78 Å². The van der Waals surface area contributed by atoms with E-state index in [0.717, 1.165) is 5.56 Å². The molecule has 0 aliphatic heterocycles. The van der Waals surface area contributed by atoms with Crippen molar-refractivity contribution in [1.29, 1.82) is 0 Å². The summed E-state index contributed by atoms with van der Waals surface area (Å²) in [6, 6.07) is 7.10. The summed E-state index contributed by atoms with van der Waals surface area (Å²) in [4.78, 5) is 16.8. The van der Waals surface area contributed by atoms with Gasteiger partial charge in [0.2, 0.25) is 0 Å². The van der Waals surface area contributed by atoms with Gasteiger partial charge in [0.1, 0.15) is 0 Å². The van der Waals surface area contributed by atoms with Crippen LogP contribution in [0.15, 0.2) is 36.5 Å². The zero-order valence-electron chi connectivity index (χ0n) is 15.5. The molecule has 152 valence electrons. The molecular formula is C18H17F3N6O2. The number of amides is 1. The Kier molecular flexibility index (Phi) is 5.59. The number of nitrogens with one attached hydrogen (secondary N) is 1. The van der Waals surface area contributed by atoms with E-state index >= 15 is 0 Å². The maximum atomic E-state index is 13.2. The Hall–Kier alpha value is -3.34. The first-order chi connectivity index (χ1) is 13.7. The van der Waals surface area contributed by atoms with Crippen LogP contribution in [-0.2, 0) is 6.18 Å². The van der Waals surface area contributed by atoms with Crippen LogP contribution < -0.4 is 5.32 Å². The number of nitrogens with zero attached hydrogens (tertiary/aromatic N) is 5. The van der Waals surface area contributed by atoms with Crippen LogP contribution in [0.1, 0.15) is 28.7 Å². The molecule has 0 spiro atoms. The minimum Gasteiger partial charge on any atom is -0.394 e. The number of pyridine rings is 1. The van der Waals surface area contributed by atoms with Crippen molar-refractivity contribution in [2.75, 3.05) is 6.61 Å². The second-order valence-corrected chi connectivity index (χ2v) is 6.46. The average Bonchev–Trinajstić information content (AvgIpc) is 3.18. The predicted molar refractivity (Wildman–Crippen MR) is 96.1 cm³/mol. The molecule has 1 unspecified atom stereocenters. The lowest BCUT2D eigenvalue weighted by atomic mass is 10.0. The maximum Gasteiger partial charge on any atom is 0.453 e. The molecule has 3 rings (SSSR count). The van der Waals surface area contributed by atoms with Crippen LogP contribution in [0.2, 0.25) is 0 Å². The molecule has 0 aliphatic carbocycles. The van der Waals surface area contributed by atoms with Crippen molar-refractivity contribution in [3.63, 3.8) is 0 Å². The van der Waals surface area contributed by atoms with Crippen molar-refractivity contribution in [2.45, 2.75) is 26.1 Å². The smallest absolute Gasteiger partial charge is 0.394 e. The molecule has 2 heterocycles. The highest BCUT2D eigenvalue weighted by Crippen LogP contribution is 2.30. The van der Waals surface area contributed by atoms with Crippen LogP contribution in [-0.4, -0.2) is 48.9 Å². The monoisotopic (exact) mass is 406 g/mol. The number of benzene rings is 1. The molecule has 2 aromatic heterocycles. The molecule has 11 heteroatoms. The summed E-state index contributed by atoms with van der Waals surface area (Å²) >= 11 is 0. The molecule has 2 N–H and O–H groups in total. The first-order valence-electron chi connectivity index (χ1n) is 8.55. The van der Waals surface area contributed by atoms with Crippen molar-refractivity contribution in [2.24, 2.45) is 0 Å². The van der Waals surface area contributed by atoms with Gasteiger partial charge in [-0.05, 0) is 54.1 Å². The number of hydrogen-bond acceptors (Lipinski definition) is 6. The second-order valence-electron chi connectivity index (χ2n) is 6.46. The van der Waals surface area contributed by atoms with Gasteiger partial charge in [-0.2, -0.15) is 17.9 Å². The van der Waals surface area contributed by atoms with Crippen LogP contribution in [0, 0.1) is 6.92 Å². The highest BCUT2D eigenvalue weighted by molar-refractivity contribution is 5.96. The minimum atomic E-state index is -4.78. The third-order valence-corrected chi connectivity index (χ3v) is 4.01. The van der Waals surface area contributed by atoms with Crippen molar-refractivity contribution in [3.8, 4) is 16.9 Å². The molecule has 3 aromatic rings. The van der Waals surface area contributed by atoms with Gasteiger partial charge in [0.05, 0.1) is 18.0 Å². The summed E-state index contributed by atoms with van der Waals surface area (Å²) in [6.07, 6.45) is -3.18. The number of aliphatic hydroxyl groups is 1. The van der Waals surface area contributed by atoms with Crippen molar-refractivity contribution in [1.82, 2.24) is 30.5 Å². The van der Waals surface area contributed by atoms with E-state index in [1.807, 2.05) is 6.92 Å². The van der Waals surface area contributed by atoms with Crippen LogP contribution in [0.5, 0.6) is 0 Å². The van der Waals surface area contributed by atoms with E-state index in [9.17, 15) is 18.0 Å². The van der Waals surface area contributed by atoms with Gasteiger partial charge in [0, 0.05) is 23.4 Å². The Morgan fingerprint density at radius 3 is 2.66 bits per heavy atom. The molecule has 8 nitrogen and oxygen atoms in total. The molecular weight excluding hydrogens is 389 g/mol. The minimum absolute atomic E-state index is 0.0519. The van der Waals surface area contributed by atoms with Crippen molar-refractivity contribution < 1.29 is 23.1 Å². The van der Waals surface area contributed by atoms with Gasteiger partial charge >= 0.3 is 6.18 Å². The average molecular weight is 406 g/mol. The molecule has 1 atom stereocenters. The number of aromatic nitrogens is 5. The van der Waals surface area contributed by atoms with Crippen LogP contribution >= 0.6 is 0 Å². The number of alkyl halides is 3. The number of hydrogen-bond donors (Lipinski definition) is 2. The zero-order chi connectivity index (χ0) is 21.2. The van der Waals surface area contributed by atoms with Gasteiger partial charge < -0.3 is 10.4 Å². The molecule has 0 saturated carbocycles. The Balaban J connectivity index is 2.14. The number of rotatable bonds is 5. The lowest BCUT2D eigenvalue weighted by Crippen LogP contribution is -2.35. The van der Waals surface area contributed by atoms with E-state index in [1.54, 1.807) is 25.3 Å². The van der Waals surface area contributed by atoms with Crippen LogP contribution in [0.4, 0.5) is 13.2 Å². The van der Waals surface area contributed by atoms with Gasteiger partial charge in [-0.1, -0.05) is 6.07 Å². The Morgan fingerprint density at radius 2 is 2.03 bits per heavy atom. The molecule has 1 aromatic carbocycles. The van der Waals surface area contributed by atoms with Crippen molar-refractivity contribution in [3.05, 3.63) is 53.5 Å². The lowest BCUT2D eigenvalue weighted by molar-refractivity contribution is -0.146. The lowest BCUT2D eigenvalue weighted by Gasteiger charge is -2.14. The SMILES string of the molecule is Cc1ccc(-c2cc(C(=O)NC(C)CO)cc(-n3nnnc3C(F)(F)F)c2)nc1. The molecule has 0 bridgehead atoms. The number of aliphatic hydroxyl groups excluding tert-OH is 1. The number of carbonyl (C=O) groups is 1. The topological polar surface area (TPSA) is 106 Å². The Bertz CT molecular complexity index is 1020. The number of tetrazole rings is 1.